The zero-order chi connectivity index (χ0) is 32.1. The quantitative estimate of drug-likeness (QED) is 0.198. The van der Waals surface area contributed by atoms with Gasteiger partial charge in [-0.2, -0.15) is 5.26 Å². The van der Waals surface area contributed by atoms with Gasteiger partial charge in [0, 0.05) is 22.1 Å². The summed E-state index contributed by atoms with van der Waals surface area (Å²) in [6.45, 7) is 0. The monoisotopic (exact) mass is 615 g/mol. The lowest BCUT2D eigenvalue weighted by Crippen LogP contribution is -2.28. The molecule has 1 saturated carbocycles. The van der Waals surface area contributed by atoms with Crippen LogP contribution in [0.25, 0.3) is 66.9 Å². The molecule has 0 amide bonds. The van der Waals surface area contributed by atoms with Crippen LogP contribution in [0.4, 0.5) is 0 Å². The highest BCUT2D eigenvalue weighted by atomic mass is 14.9. The van der Waals surface area contributed by atoms with Gasteiger partial charge in [0.2, 0.25) is 0 Å². The molecule has 0 N–H and O–H groups in total. The van der Waals surface area contributed by atoms with Crippen LogP contribution in [0.1, 0.15) is 48.8 Å². The SMILES string of the molecule is N#Cc1ccc2c(c1)-c1c(-c3ccc(-c4cc(-c5ccc6ccccc6c5)nc(-c5ccccc5)n4)cc3)cccc1C21CCCCC1. The summed E-state index contributed by atoms with van der Waals surface area (Å²) >= 11 is 0. The molecule has 2 aliphatic carbocycles. The molecule has 9 rings (SSSR count). The Labute approximate surface area is 281 Å². The summed E-state index contributed by atoms with van der Waals surface area (Å²) in [5.74, 6) is 0.712. The molecule has 0 atom stereocenters. The minimum absolute atomic E-state index is 0.0425. The molecule has 0 bridgehead atoms. The van der Waals surface area contributed by atoms with Crippen LogP contribution in [0.5, 0.6) is 0 Å². The lowest BCUT2D eigenvalue weighted by Gasteiger charge is -2.36. The molecule has 0 aliphatic heterocycles. The molecule has 0 saturated heterocycles. The van der Waals surface area contributed by atoms with E-state index in [-0.39, 0.29) is 5.41 Å². The van der Waals surface area contributed by atoms with Crippen molar-refractivity contribution in [3.8, 4) is 62.2 Å². The smallest absolute Gasteiger partial charge is 0.160 e. The van der Waals surface area contributed by atoms with Crippen LogP contribution >= 0.6 is 0 Å². The van der Waals surface area contributed by atoms with Gasteiger partial charge in [-0.05, 0) is 81.3 Å². The lowest BCUT2D eigenvalue weighted by molar-refractivity contribution is 0.353. The largest absolute Gasteiger partial charge is 0.228 e. The molecule has 3 heteroatoms. The Morgan fingerprint density at radius 3 is 2.00 bits per heavy atom. The van der Waals surface area contributed by atoms with Gasteiger partial charge in [-0.3, -0.25) is 0 Å². The summed E-state index contributed by atoms with van der Waals surface area (Å²) < 4.78 is 0. The molecule has 0 radical (unpaired) electrons. The lowest BCUT2D eigenvalue weighted by atomic mass is 9.67. The van der Waals surface area contributed by atoms with Crippen LogP contribution in [0.3, 0.4) is 0 Å². The number of hydrogen-bond acceptors (Lipinski definition) is 3. The Kier molecular flexibility index (Phi) is 6.76. The summed E-state index contributed by atoms with van der Waals surface area (Å²) in [5.41, 5.74) is 13.4. The maximum atomic E-state index is 9.81. The second kappa shape index (κ2) is 11.4. The zero-order valence-corrected chi connectivity index (χ0v) is 26.7. The third-order valence-electron chi connectivity index (χ3n) is 10.5. The first kappa shape index (κ1) is 28.4. The van der Waals surface area contributed by atoms with Crippen LogP contribution < -0.4 is 0 Å². The predicted molar refractivity (Wildman–Crippen MR) is 195 cm³/mol. The summed E-state index contributed by atoms with van der Waals surface area (Å²) in [5, 5.41) is 12.2. The second-order valence-electron chi connectivity index (χ2n) is 13.2. The minimum Gasteiger partial charge on any atom is -0.228 e. The van der Waals surface area contributed by atoms with Gasteiger partial charge in [0.25, 0.3) is 0 Å². The van der Waals surface area contributed by atoms with Crippen LogP contribution in [-0.2, 0) is 5.41 Å². The number of hydrogen-bond donors (Lipinski definition) is 0. The van der Waals surface area contributed by atoms with Crippen molar-refractivity contribution >= 4 is 10.8 Å². The number of benzene rings is 6. The predicted octanol–water partition coefficient (Wildman–Crippen LogP) is 11.4. The van der Waals surface area contributed by atoms with Gasteiger partial charge < -0.3 is 0 Å². The van der Waals surface area contributed by atoms with Gasteiger partial charge in [-0.1, -0.05) is 135 Å². The number of rotatable bonds is 4. The van der Waals surface area contributed by atoms with E-state index in [0.717, 1.165) is 46.5 Å². The number of nitrogens with zero attached hydrogens (tertiary/aromatic N) is 3. The second-order valence-corrected chi connectivity index (χ2v) is 13.2. The van der Waals surface area contributed by atoms with Gasteiger partial charge in [0.1, 0.15) is 0 Å². The molecule has 0 unspecified atom stereocenters. The number of nitriles is 1. The van der Waals surface area contributed by atoms with E-state index in [1.54, 1.807) is 0 Å². The van der Waals surface area contributed by atoms with E-state index in [0.29, 0.717) is 5.82 Å². The van der Waals surface area contributed by atoms with Gasteiger partial charge in [-0.25, -0.2) is 9.97 Å². The van der Waals surface area contributed by atoms with Crippen molar-refractivity contribution in [2.24, 2.45) is 0 Å². The third-order valence-corrected chi connectivity index (χ3v) is 10.5. The Bertz CT molecular complexity index is 2380. The minimum atomic E-state index is 0.0425. The average Bonchev–Trinajstić information content (AvgIpc) is 3.43. The van der Waals surface area contributed by atoms with E-state index in [1.165, 1.54) is 63.4 Å². The fourth-order valence-corrected chi connectivity index (χ4v) is 8.19. The third kappa shape index (κ3) is 4.64. The van der Waals surface area contributed by atoms with Crippen molar-refractivity contribution < 1.29 is 0 Å². The van der Waals surface area contributed by atoms with Gasteiger partial charge in [0.15, 0.2) is 5.82 Å². The van der Waals surface area contributed by atoms with Crippen molar-refractivity contribution in [2.75, 3.05) is 0 Å². The van der Waals surface area contributed by atoms with E-state index in [4.69, 9.17) is 9.97 Å². The Morgan fingerprint density at radius 1 is 0.500 bits per heavy atom. The van der Waals surface area contributed by atoms with Gasteiger partial charge in [0.05, 0.1) is 23.0 Å². The molecule has 1 aromatic heterocycles. The molecule has 6 aromatic carbocycles. The van der Waals surface area contributed by atoms with Crippen LogP contribution in [0.2, 0.25) is 0 Å². The topological polar surface area (TPSA) is 49.6 Å². The zero-order valence-electron chi connectivity index (χ0n) is 26.7. The fourth-order valence-electron chi connectivity index (χ4n) is 8.19. The molecule has 2 aliphatic rings. The Balaban J connectivity index is 1.16. The van der Waals surface area contributed by atoms with Gasteiger partial charge >= 0.3 is 0 Å². The first-order valence-electron chi connectivity index (χ1n) is 16.9. The van der Waals surface area contributed by atoms with Crippen LogP contribution in [0, 0.1) is 11.3 Å². The van der Waals surface area contributed by atoms with Gasteiger partial charge in [-0.15, -0.1) is 0 Å². The molecule has 1 heterocycles. The Hall–Kier alpha value is -5.85. The number of aromatic nitrogens is 2. The molecule has 3 nitrogen and oxygen atoms in total. The summed E-state index contributed by atoms with van der Waals surface area (Å²) in [4.78, 5) is 10.1. The number of fused-ring (bicyclic) bond motifs is 6. The van der Waals surface area contributed by atoms with E-state index in [1.807, 2.05) is 24.3 Å². The highest BCUT2D eigenvalue weighted by Gasteiger charge is 2.44. The van der Waals surface area contributed by atoms with Crippen LogP contribution in [-0.4, -0.2) is 9.97 Å². The molecule has 7 aromatic rings. The van der Waals surface area contributed by atoms with Crippen molar-refractivity contribution in [1.29, 1.82) is 5.26 Å². The average molecular weight is 616 g/mol. The molecular formula is C45H33N3. The van der Waals surface area contributed by atoms with E-state index < -0.39 is 0 Å². The van der Waals surface area contributed by atoms with Crippen molar-refractivity contribution in [2.45, 2.75) is 37.5 Å². The Morgan fingerprint density at radius 2 is 1.21 bits per heavy atom. The molecule has 1 spiro atoms. The summed E-state index contributed by atoms with van der Waals surface area (Å²) in [7, 11) is 0. The molecule has 228 valence electrons. The highest BCUT2D eigenvalue weighted by Crippen LogP contribution is 2.58. The first-order chi connectivity index (χ1) is 23.7. The van der Waals surface area contributed by atoms with E-state index in [2.05, 4.69) is 121 Å². The van der Waals surface area contributed by atoms with E-state index in [9.17, 15) is 5.26 Å². The molecular weight excluding hydrogens is 583 g/mol. The first-order valence-corrected chi connectivity index (χ1v) is 16.9. The fraction of sp³-hybridized carbons (Fsp3) is 0.133. The molecule has 48 heavy (non-hydrogen) atoms. The molecule has 1 fully saturated rings. The van der Waals surface area contributed by atoms with Crippen molar-refractivity contribution in [3.63, 3.8) is 0 Å². The maximum Gasteiger partial charge on any atom is 0.160 e. The van der Waals surface area contributed by atoms with Crippen molar-refractivity contribution in [1.82, 2.24) is 9.97 Å². The van der Waals surface area contributed by atoms with Crippen molar-refractivity contribution in [3.05, 3.63) is 156 Å². The summed E-state index contributed by atoms with van der Waals surface area (Å²) in [6.07, 6.45) is 6.10. The normalized spacial score (nSPS) is 14.4. The van der Waals surface area contributed by atoms with Crippen LogP contribution in [0.15, 0.2) is 140 Å². The highest BCUT2D eigenvalue weighted by molar-refractivity contribution is 5.94. The van der Waals surface area contributed by atoms with E-state index >= 15 is 0 Å². The maximum absolute atomic E-state index is 9.81. The standard InChI is InChI=1S/C45H33N3/c46-29-30-16-23-39-38(26-30)43-37(14-9-15-40(43)45(39)24-7-2-8-25-45)32-18-20-33(21-19-32)41-28-42(48-44(47-41)34-11-3-1-4-12-34)36-22-17-31-10-5-6-13-35(31)27-36/h1,3-6,9-23,26-28H,2,7-8,24-25H2. The summed E-state index contributed by atoms with van der Waals surface area (Å²) in [6, 6.07) is 51.7.